The number of hydrogen-bond donors (Lipinski definition) is 0. The van der Waals surface area contributed by atoms with Crippen molar-refractivity contribution in [3.05, 3.63) is 0 Å². The third kappa shape index (κ3) is 1.51. The molecule has 2 aliphatic rings. The zero-order chi connectivity index (χ0) is 11.1. The lowest BCUT2D eigenvalue weighted by atomic mass is 9.66. The van der Waals surface area contributed by atoms with Crippen molar-refractivity contribution in [2.45, 2.75) is 52.1 Å². The zero-order valence-corrected chi connectivity index (χ0v) is 11.8. The van der Waals surface area contributed by atoms with Gasteiger partial charge >= 0.3 is 0 Å². The summed E-state index contributed by atoms with van der Waals surface area (Å²) in [7, 11) is 0. The van der Waals surface area contributed by atoms with E-state index in [4.69, 9.17) is 4.74 Å². The minimum atomic E-state index is 0.117. The van der Waals surface area contributed by atoms with Gasteiger partial charge in [-0.2, -0.15) is 0 Å². The maximum atomic E-state index is 6.29. The van der Waals surface area contributed by atoms with Crippen LogP contribution in [0.2, 0.25) is 0 Å². The fourth-order valence-corrected chi connectivity index (χ4v) is 5.18. The summed E-state index contributed by atoms with van der Waals surface area (Å²) in [4.78, 5) is 0. The third-order valence-electron chi connectivity index (χ3n) is 4.97. The highest BCUT2D eigenvalue weighted by molar-refractivity contribution is 9.09. The Morgan fingerprint density at radius 1 is 1.27 bits per heavy atom. The Kier molecular flexibility index (Phi) is 3.20. The summed E-state index contributed by atoms with van der Waals surface area (Å²) >= 11 is 3.72. The lowest BCUT2D eigenvalue weighted by Gasteiger charge is -2.48. The molecule has 2 bridgehead atoms. The van der Waals surface area contributed by atoms with E-state index in [2.05, 4.69) is 36.7 Å². The first kappa shape index (κ1) is 11.9. The molecule has 0 radical (unpaired) electrons. The van der Waals surface area contributed by atoms with E-state index >= 15 is 0 Å². The molecule has 88 valence electrons. The number of alkyl halides is 1. The Morgan fingerprint density at radius 2 is 1.93 bits per heavy atom. The molecule has 0 spiro atoms. The van der Waals surface area contributed by atoms with Crippen LogP contribution in [0.15, 0.2) is 0 Å². The summed E-state index contributed by atoms with van der Waals surface area (Å²) in [5, 5.41) is 1.01. The van der Waals surface area contributed by atoms with Gasteiger partial charge < -0.3 is 4.74 Å². The molecule has 2 aliphatic carbocycles. The van der Waals surface area contributed by atoms with E-state index < -0.39 is 0 Å². The van der Waals surface area contributed by atoms with Crippen LogP contribution in [-0.2, 0) is 4.74 Å². The van der Waals surface area contributed by atoms with Crippen molar-refractivity contribution in [2.75, 3.05) is 11.9 Å². The predicted octanol–water partition coefficient (Wildman–Crippen LogP) is 4.00. The van der Waals surface area contributed by atoms with E-state index in [0.29, 0.717) is 5.41 Å². The maximum Gasteiger partial charge on any atom is 0.0860 e. The third-order valence-corrected chi connectivity index (χ3v) is 5.80. The number of ether oxygens (including phenoxy) is 1. The van der Waals surface area contributed by atoms with Crippen molar-refractivity contribution in [1.82, 2.24) is 0 Å². The molecule has 0 N–H and O–H groups in total. The SMILES string of the molecule is CCCOC1(CBr)C2CCC(C2)C1(C)C. The van der Waals surface area contributed by atoms with Gasteiger partial charge in [0.1, 0.15) is 0 Å². The maximum absolute atomic E-state index is 6.29. The van der Waals surface area contributed by atoms with Crippen LogP contribution in [0.4, 0.5) is 0 Å². The van der Waals surface area contributed by atoms with Gasteiger partial charge in [0.2, 0.25) is 0 Å². The van der Waals surface area contributed by atoms with Gasteiger partial charge in [0.15, 0.2) is 0 Å². The molecule has 0 amide bonds. The summed E-state index contributed by atoms with van der Waals surface area (Å²) < 4.78 is 6.29. The molecule has 2 fully saturated rings. The zero-order valence-electron chi connectivity index (χ0n) is 10.2. The molecule has 0 aromatic carbocycles. The Balaban J connectivity index is 2.22. The van der Waals surface area contributed by atoms with Crippen LogP contribution in [-0.4, -0.2) is 17.5 Å². The van der Waals surface area contributed by atoms with Crippen molar-refractivity contribution in [3.63, 3.8) is 0 Å². The Hall–Kier alpha value is 0.440. The fraction of sp³-hybridized carbons (Fsp3) is 1.00. The number of rotatable bonds is 4. The van der Waals surface area contributed by atoms with Crippen molar-refractivity contribution in [3.8, 4) is 0 Å². The largest absolute Gasteiger partial charge is 0.373 e. The van der Waals surface area contributed by atoms with E-state index in [-0.39, 0.29) is 5.60 Å². The summed E-state index contributed by atoms with van der Waals surface area (Å²) in [5.41, 5.74) is 0.473. The lowest BCUT2D eigenvalue weighted by Crippen LogP contribution is -2.53. The molecule has 2 rings (SSSR count). The second kappa shape index (κ2) is 4.03. The van der Waals surface area contributed by atoms with E-state index in [1.54, 1.807) is 0 Å². The van der Waals surface area contributed by atoms with Crippen molar-refractivity contribution < 1.29 is 4.74 Å². The molecule has 0 heterocycles. The van der Waals surface area contributed by atoms with Crippen LogP contribution in [0.25, 0.3) is 0 Å². The minimum absolute atomic E-state index is 0.117. The van der Waals surface area contributed by atoms with E-state index in [1.165, 1.54) is 19.3 Å². The quantitative estimate of drug-likeness (QED) is 0.704. The van der Waals surface area contributed by atoms with Crippen LogP contribution >= 0.6 is 15.9 Å². The average Bonchev–Trinajstić information content (AvgIpc) is 2.75. The molecule has 3 unspecified atom stereocenters. The molecule has 0 aromatic heterocycles. The minimum Gasteiger partial charge on any atom is -0.373 e. The van der Waals surface area contributed by atoms with Gasteiger partial charge in [0, 0.05) is 11.9 Å². The lowest BCUT2D eigenvalue weighted by molar-refractivity contribution is -0.136. The van der Waals surface area contributed by atoms with Gasteiger partial charge in [-0.1, -0.05) is 36.7 Å². The van der Waals surface area contributed by atoms with E-state index in [1.807, 2.05) is 0 Å². The van der Waals surface area contributed by atoms with Gasteiger partial charge in [-0.15, -0.1) is 0 Å². The molecule has 2 saturated carbocycles. The average molecular weight is 275 g/mol. The monoisotopic (exact) mass is 274 g/mol. The van der Waals surface area contributed by atoms with Gasteiger partial charge in [-0.3, -0.25) is 0 Å². The summed E-state index contributed by atoms with van der Waals surface area (Å²) in [6, 6.07) is 0. The highest BCUT2D eigenvalue weighted by Crippen LogP contribution is 2.63. The summed E-state index contributed by atoms with van der Waals surface area (Å²) in [6.07, 6.45) is 5.32. The van der Waals surface area contributed by atoms with Crippen LogP contribution in [0, 0.1) is 17.3 Å². The highest BCUT2D eigenvalue weighted by Gasteiger charge is 2.63. The van der Waals surface area contributed by atoms with Gasteiger partial charge in [-0.25, -0.2) is 0 Å². The normalized spacial score (nSPS) is 42.4. The van der Waals surface area contributed by atoms with Crippen LogP contribution in [0.3, 0.4) is 0 Å². The van der Waals surface area contributed by atoms with Crippen LogP contribution in [0.5, 0.6) is 0 Å². The molecular formula is C13H23BrO. The molecular weight excluding hydrogens is 252 g/mol. The number of halogens is 1. The standard InChI is InChI=1S/C13H23BrO/c1-4-7-15-13(9-14)11-6-5-10(8-11)12(13,2)3/h10-11H,4-9H2,1-3H3. The molecule has 3 atom stereocenters. The Morgan fingerprint density at radius 3 is 2.40 bits per heavy atom. The first-order valence-electron chi connectivity index (χ1n) is 6.28. The second-order valence-corrected chi connectivity index (χ2v) is 6.36. The van der Waals surface area contributed by atoms with Crippen LogP contribution < -0.4 is 0 Å². The molecule has 0 aliphatic heterocycles. The second-order valence-electron chi connectivity index (χ2n) is 5.80. The number of hydrogen-bond acceptors (Lipinski definition) is 1. The molecule has 0 saturated heterocycles. The molecule has 1 nitrogen and oxygen atoms in total. The smallest absolute Gasteiger partial charge is 0.0860 e. The summed E-state index contributed by atoms with van der Waals surface area (Å²) in [5.74, 6) is 1.68. The van der Waals surface area contributed by atoms with Crippen LogP contribution in [0.1, 0.15) is 46.5 Å². The highest BCUT2D eigenvalue weighted by atomic mass is 79.9. The Labute approximate surface area is 102 Å². The Bertz CT molecular complexity index is 239. The first-order chi connectivity index (χ1) is 7.08. The molecule has 2 heteroatoms. The van der Waals surface area contributed by atoms with Gasteiger partial charge in [-0.05, 0) is 42.9 Å². The summed E-state index contributed by atoms with van der Waals surface area (Å²) in [6.45, 7) is 7.93. The first-order valence-corrected chi connectivity index (χ1v) is 7.40. The van der Waals surface area contributed by atoms with Crippen molar-refractivity contribution in [2.24, 2.45) is 17.3 Å². The van der Waals surface area contributed by atoms with E-state index in [9.17, 15) is 0 Å². The number of fused-ring (bicyclic) bond motifs is 2. The van der Waals surface area contributed by atoms with Crippen molar-refractivity contribution >= 4 is 15.9 Å². The topological polar surface area (TPSA) is 9.23 Å². The van der Waals surface area contributed by atoms with Gasteiger partial charge in [0.05, 0.1) is 5.60 Å². The van der Waals surface area contributed by atoms with Crippen molar-refractivity contribution in [1.29, 1.82) is 0 Å². The van der Waals surface area contributed by atoms with E-state index in [0.717, 1.165) is 30.2 Å². The molecule has 0 aromatic rings. The molecule has 15 heavy (non-hydrogen) atoms. The van der Waals surface area contributed by atoms with Gasteiger partial charge in [0.25, 0.3) is 0 Å². The fourth-order valence-electron chi connectivity index (χ4n) is 3.84. The predicted molar refractivity (Wildman–Crippen MR) is 67.4 cm³/mol.